The number of benzene rings is 1. The molecule has 3 nitrogen and oxygen atoms in total. The van der Waals surface area contributed by atoms with Gasteiger partial charge in [0.2, 0.25) is 5.91 Å². The van der Waals surface area contributed by atoms with E-state index in [-0.39, 0.29) is 18.1 Å². The quantitative estimate of drug-likeness (QED) is 0.733. The van der Waals surface area contributed by atoms with Crippen molar-refractivity contribution in [1.82, 2.24) is 4.90 Å². The van der Waals surface area contributed by atoms with Crippen molar-refractivity contribution < 1.29 is 22.4 Å². The Morgan fingerprint density at radius 1 is 1.00 bits per heavy atom. The van der Waals surface area contributed by atoms with Gasteiger partial charge >= 0.3 is 6.18 Å². The first-order valence-electron chi connectivity index (χ1n) is 9.16. The molecule has 0 aliphatic carbocycles. The fraction of sp³-hybridized carbons (Fsp3) is 0.632. The van der Waals surface area contributed by atoms with E-state index in [1.165, 1.54) is 12.1 Å². The van der Waals surface area contributed by atoms with E-state index in [0.717, 1.165) is 12.8 Å². The molecule has 0 atom stereocenters. The molecule has 1 amide bonds. The Kier molecular flexibility index (Phi) is 5.55. The molecular formula is C19H24F4N2O. The summed E-state index contributed by atoms with van der Waals surface area (Å²) in [6.07, 6.45) is -1.70. The van der Waals surface area contributed by atoms with Crippen LogP contribution >= 0.6 is 0 Å². The molecule has 2 heterocycles. The van der Waals surface area contributed by atoms with Crippen molar-refractivity contribution in [1.29, 1.82) is 0 Å². The Hall–Kier alpha value is -1.63. The van der Waals surface area contributed by atoms with Gasteiger partial charge in [-0.25, -0.2) is 4.39 Å². The fourth-order valence-corrected chi connectivity index (χ4v) is 4.11. The van der Waals surface area contributed by atoms with Crippen LogP contribution in [-0.4, -0.2) is 43.2 Å². The molecule has 2 fully saturated rings. The number of likely N-dealkylation sites (tertiary alicyclic amines) is 1. The highest BCUT2D eigenvalue weighted by atomic mass is 19.4. The van der Waals surface area contributed by atoms with E-state index < -0.39 is 18.0 Å². The van der Waals surface area contributed by atoms with E-state index >= 15 is 0 Å². The van der Waals surface area contributed by atoms with E-state index in [1.807, 2.05) is 4.90 Å². The van der Waals surface area contributed by atoms with Gasteiger partial charge in [0.15, 0.2) is 0 Å². The zero-order valence-corrected chi connectivity index (χ0v) is 14.7. The lowest BCUT2D eigenvalue weighted by Crippen LogP contribution is -2.53. The minimum absolute atomic E-state index is 0.0744. The molecule has 0 saturated carbocycles. The van der Waals surface area contributed by atoms with Gasteiger partial charge in [0.25, 0.3) is 0 Å². The zero-order chi connectivity index (χ0) is 18.8. The van der Waals surface area contributed by atoms with Crippen LogP contribution in [0.1, 0.15) is 38.5 Å². The lowest BCUT2D eigenvalue weighted by atomic mass is 9.71. The van der Waals surface area contributed by atoms with Crippen molar-refractivity contribution in [2.45, 2.75) is 44.7 Å². The first kappa shape index (κ1) is 19.1. The first-order valence-corrected chi connectivity index (χ1v) is 9.16. The zero-order valence-electron chi connectivity index (χ0n) is 14.7. The van der Waals surface area contributed by atoms with Crippen LogP contribution in [0.2, 0.25) is 0 Å². The van der Waals surface area contributed by atoms with E-state index in [2.05, 4.69) is 0 Å². The van der Waals surface area contributed by atoms with E-state index in [0.29, 0.717) is 44.7 Å². The number of hydrogen-bond donors (Lipinski definition) is 0. The standard InChI is InChI=1S/C19H24F4N2O/c20-15-3-5-16(6-4-15)25-12-1-7-18(17(25)26)9-13-24(14-10-18)11-2-8-19(21,22)23/h3-6H,1-2,7-14H2. The van der Waals surface area contributed by atoms with Crippen molar-refractivity contribution in [3.8, 4) is 0 Å². The number of rotatable bonds is 4. The van der Waals surface area contributed by atoms with Crippen molar-refractivity contribution in [3.63, 3.8) is 0 Å². The van der Waals surface area contributed by atoms with Gasteiger partial charge in [0.1, 0.15) is 5.82 Å². The highest BCUT2D eigenvalue weighted by Gasteiger charge is 2.45. The summed E-state index contributed by atoms with van der Waals surface area (Å²) < 4.78 is 50.0. The highest BCUT2D eigenvalue weighted by Crippen LogP contribution is 2.42. The smallest absolute Gasteiger partial charge is 0.312 e. The Morgan fingerprint density at radius 2 is 1.65 bits per heavy atom. The predicted octanol–water partition coefficient (Wildman–Crippen LogP) is 4.38. The minimum Gasteiger partial charge on any atom is -0.312 e. The Balaban J connectivity index is 1.59. The molecule has 2 aliphatic rings. The first-order chi connectivity index (χ1) is 12.3. The highest BCUT2D eigenvalue weighted by molar-refractivity contribution is 5.98. The number of halogens is 4. The van der Waals surface area contributed by atoms with Crippen molar-refractivity contribution >= 4 is 11.6 Å². The van der Waals surface area contributed by atoms with Crippen LogP contribution in [0.4, 0.5) is 23.2 Å². The normalized spacial score (nSPS) is 21.4. The number of amides is 1. The molecule has 144 valence electrons. The molecule has 0 radical (unpaired) electrons. The van der Waals surface area contributed by atoms with Crippen molar-refractivity contribution in [2.75, 3.05) is 31.1 Å². The Bertz CT molecular complexity index is 621. The number of anilines is 1. The SMILES string of the molecule is O=C1N(c2ccc(F)cc2)CCCC12CCN(CCCC(F)(F)F)CC2. The van der Waals surface area contributed by atoms with E-state index in [9.17, 15) is 22.4 Å². The molecule has 1 spiro atoms. The number of piperidine rings is 2. The van der Waals surface area contributed by atoms with Crippen LogP contribution in [0.3, 0.4) is 0 Å². The molecule has 7 heteroatoms. The average molecular weight is 372 g/mol. The average Bonchev–Trinajstić information content (AvgIpc) is 2.59. The summed E-state index contributed by atoms with van der Waals surface area (Å²) in [6, 6.07) is 5.96. The van der Waals surface area contributed by atoms with Gasteiger partial charge < -0.3 is 9.80 Å². The van der Waals surface area contributed by atoms with E-state index in [4.69, 9.17) is 0 Å². The number of carbonyl (C=O) groups excluding carboxylic acids is 1. The summed E-state index contributed by atoms with van der Waals surface area (Å²) in [5.41, 5.74) is 0.288. The number of nitrogens with zero attached hydrogens (tertiary/aromatic N) is 2. The summed E-state index contributed by atoms with van der Waals surface area (Å²) in [5, 5.41) is 0. The largest absolute Gasteiger partial charge is 0.389 e. The maximum atomic E-state index is 13.1. The third-order valence-corrected chi connectivity index (χ3v) is 5.62. The summed E-state index contributed by atoms with van der Waals surface area (Å²) in [5.74, 6) is -0.259. The van der Waals surface area contributed by atoms with Crippen LogP contribution < -0.4 is 4.90 Å². The van der Waals surface area contributed by atoms with Gasteiger partial charge in [-0.3, -0.25) is 4.79 Å². The summed E-state index contributed by atoms with van der Waals surface area (Å²) >= 11 is 0. The van der Waals surface area contributed by atoms with Gasteiger partial charge in [0, 0.05) is 18.7 Å². The van der Waals surface area contributed by atoms with E-state index in [1.54, 1.807) is 17.0 Å². The van der Waals surface area contributed by atoms with Gasteiger partial charge in [0.05, 0.1) is 5.41 Å². The van der Waals surface area contributed by atoms with Crippen LogP contribution in [0, 0.1) is 11.2 Å². The Labute approximate surface area is 151 Å². The summed E-state index contributed by atoms with van der Waals surface area (Å²) in [4.78, 5) is 16.9. The maximum Gasteiger partial charge on any atom is 0.389 e. The molecular weight excluding hydrogens is 348 g/mol. The molecule has 2 saturated heterocycles. The summed E-state index contributed by atoms with van der Waals surface area (Å²) in [6.45, 7) is 2.36. The third kappa shape index (κ3) is 4.37. The minimum atomic E-state index is -4.11. The van der Waals surface area contributed by atoms with Crippen molar-refractivity contribution in [2.24, 2.45) is 5.41 Å². The number of hydrogen-bond acceptors (Lipinski definition) is 2. The maximum absolute atomic E-state index is 13.1. The molecule has 0 aromatic heterocycles. The molecule has 1 aromatic rings. The van der Waals surface area contributed by atoms with Crippen LogP contribution in [0.25, 0.3) is 0 Å². The molecule has 0 unspecified atom stereocenters. The van der Waals surface area contributed by atoms with Crippen molar-refractivity contribution in [3.05, 3.63) is 30.1 Å². The van der Waals surface area contributed by atoms with Gasteiger partial charge in [-0.2, -0.15) is 13.2 Å². The van der Waals surface area contributed by atoms with Gasteiger partial charge in [-0.1, -0.05) is 0 Å². The second-order valence-corrected chi connectivity index (χ2v) is 7.38. The number of alkyl halides is 3. The second-order valence-electron chi connectivity index (χ2n) is 7.38. The molecule has 0 N–H and O–H groups in total. The number of carbonyl (C=O) groups is 1. The lowest BCUT2D eigenvalue weighted by molar-refractivity contribution is -0.137. The second kappa shape index (κ2) is 7.55. The van der Waals surface area contributed by atoms with Crippen LogP contribution in [-0.2, 0) is 4.79 Å². The molecule has 26 heavy (non-hydrogen) atoms. The molecule has 2 aliphatic heterocycles. The monoisotopic (exact) mass is 372 g/mol. The molecule has 0 bridgehead atoms. The third-order valence-electron chi connectivity index (χ3n) is 5.62. The van der Waals surface area contributed by atoms with Gasteiger partial charge in [-0.15, -0.1) is 0 Å². The fourth-order valence-electron chi connectivity index (χ4n) is 4.11. The van der Waals surface area contributed by atoms with Crippen LogP contribution in [0.5, 0.6) is 0 Å². The van der Waals surface area contributed by atoms with Crippen LogP contribution in [0.15, 0.2) is 24.3 Å². The Morgan fingerprint density at radius 3 is 2.27 bits per heavy atom. The molecule has 3 rings (SSSR count). The molecule has 1 aromatic carbocycles. The van der Waals surface area contributed by atoms with Gasteiger partial charge in [-0.05, 0) is 76.0 Å². The topological polar surface area (TPSA) is 23.6 Å². The summed E-state index contributed by atoms with van der Waals surface area (Å²) in [7, 11) is 0. The predicted molar refractivity (Wildman–Crippen MR) is 91.4 cm³/mol. The lowest BCUT2D eigenvalue weighted by Gasteiger charge is -2.46.